The minimum absolute atomic E-state index is 0.0139. The minimum Gasteiger partial charge on any atom is -0.496 e. The topological polar surface area (TPSA) is 74.3 Å². The summed E-state index contributed by atoms with van der Waals surface area (Å²) in [6, 6.07) is 27.6. The quantitative estimate of drug-likeness (QED) is 0.396. The lowest BCUT2D eigenvalue weighted by molar-refractivity contribution is -0.0951. The number of carboxylic acid groups (broad SMARTS) is 1. The summed E-state index contributed by atoms with van der Waals surface area (Å²) in [5, 5.41) is 13.4. The molecule has 5 atom stereocenters. The molecule has 0 saturated carbocycles. The zero-order valence-electron chi connectivity index (χ0n) is 22.3. The summed E-state index contributed by atoms with van der Waals surface area (Å²) in [4.78, 5) is 16.1. The Morgan fingerprint density at radius 2 is 1.71 bits per heavy atom. The Morgan fingerprint density at radius 3 is 2.29 bits per heavy atom. The number of rotatable bonds is 9. The number of nitrogens with zero attached hydrogens (tertiary/aromatic N) is 2. The normalized spacial score (nSPS) is 24.3. The van der Waals surface area contributed by atoms with Gasteiger partial charge in [0.1, 0.15) is 11.9 Å². The summed E-state index contributed by atoms with van der Waals surface area (Å²) in [6.45, 7) is 2.13. The van der Waals surface area contributed by atoms with Crippen molar-refractivity contribution < 1.29 is 19.4 Å². The Hall–Kier alpha value is -3.55. The van der Waals surface area contributed by atoms with Crippen LogP contribution in [0.3, 0.4) is 0 Å². The minimum atomic E-state index is -1.21. The Balaban J connectivity index is 1.53. The SMILES string of the molecule is COc1ccc(N(C)C)cc1CN[C@H]1[C@@H]2CCN(C[C@@H]2OC(=O)O)[C@H]1C(c1ccccc1)c1ccccc1. The number of ether oxygens (including phenoxy) is 2. The van der Waals surface area contributed by atoms with Gasteiger partial charge >= 0.3 is 6.16 Å². The van der Waals surface area contributed by atoms with E-state index in [2.05, 4.69) is 87.9 Å². The monoisotopic (exact) mass is 515 g/mol. The van der Waals surface area contributed by atoms with Crippen LogP contribution >= 0.6 is 0 Å². The van der Waals surface area contributed by atoms with Gasteiger partial charge in [-0.25, -0.2) is 4.79 Å². The van der Waals surface area contributed by atoms with Crippen LogP contribution in [0.25, 0.3) is 0 Å². The maximum Gasteiger partial charge on any atom is 0.506 e. The van der Waals surface area contributed by atoms with E-state index in [0.717, 1.165) is 30.0 Å². The lowest BCUT2D eigenvalue weighted by atomic mass is 9.69. The molecule has 1 unspecified atom stereocenters. The van der Waals surface area contributed by atoms with Crippen LogP contribution in [0, 0.1) is 5.92 Å². The second-order valence-electron chi connectivity index (χ2n) is 10.5. The lowest BCUT2D eigenvalue weighted by Crippen LogP contribution is -2.69. The third-order valence-corrected chi connectivity index (χ3v) is 8.11. The first-order valence-corrected chi connectivity index (χ1v) is 13.3. The van der Waals surface area contributed by atoms with Gasteiger partial charge in [0.05, 0.1) is 7.11 Å². The molecule has 0 aliphatic carbocycles. The molecule has 3 aromatic rings. The predicted octanol–water partition coefficient (Wildman–Crippen LogP) is 4.82. The van der Waals surface area contributed by atoms with Crippen molar-refractivity contribution in [3.05, 3.63) is 95.6 Å². The number of anilines is 1. The highest BCUT2D eigenvalue weighted by atomic mass is 16.7. The van der Waals surface area contributed by atoms with Crippen molar-refractivity contribution in [3.8, 4) is 5.75 Å². The molecule has 0 amide bonds. The van der Waals surface area contributed by atoms with Crippen molar-refractivity contribution >= 4 is 11.8 Å². The molecule has 0 radical (unpaired) electrons. The molecule has 7 heteroatoms. The number of benzene rings is 3. The van der Waals surface area contributed by atoms with E-state index in [-0.39, 0.29) is 30.0 Å². The van der Waals surface area contributed by atoms with Gasteiger partial charge in [-0.1, -0.05) is 60.7 Å². The van der Waals surface area contributed by atoms with Gasteiger partial charge in [0, 0.05) is 62.4 Å². The first-order chi connectivity index (χ1) is 18.5. The molecule has 200 valence electrons. The van der Waals surface area contributed by atoms with Gasteiger partial charge in [-0.3, -0.25) is 4.90 Å². The molecular formula is C31H37N3O4. The first-order valence-electron chi connectivity index (χ1n) is 13.3. The number of hydrogen-bond donors (Lipinski definition) is 2. The zero-order valence-corrected chi connectivity index (χ0v) is 22.3. The molecular weight excluding hydrogens is 478 g/mol. The number of methoxy groups -OCH3 is 1. The standard InChI is InChI=1S/C31H37N3O4/c1-33(2)24-14-15-26(37-3)23(18-24)19-32-29-25-16-17-34(20-27(25)38-31(35)36)30(29)28(21-10-6-4-7-11-21)22-12-8-5-9-13-22/h4-15,18,25,27-30,32H,16-17,19-20H2,1-3H3,(H,35,36)/t25-,27+,29+,30+/m1/s1. The van der Waals surface area contributed by atoms with Crippen LogP contribution in [0.1, 0.15) is 29.0 Å². The highest BCUT2D eigenvalue weighted by Crippen LogP contribution is 2.43. The van der Waals surface area contributed by atoms with Crippen LogP contribution in [-0.4, -0.2) is 68.6 Å². The Labute approximate surface area is 225 Å². The average molecular weight is 516 g/mol. The van der Waals surface area contributed by atoms with Crippen molar-refractivity contribution in [1.29, 1.82) is 0 Å². The smallest absolute Gasteiger partial charge is 0.496 e. The molecule has 2 bridgehead atoms. The average Bonchev–Trinajstić information content (AvgIpc) is 2.93. The molecule has 3 aliphatic heterocycles. The molecule has 2 N–H and O–H groups in total. The van der Waals surface area contributed by atoms with Crippen molar-refractivity contribution in [2.75, 3.05) is 39.2 Å². The third kappa shape index (κ3) is 5.35. The van der Waals surface area contributed by atoms with E-state index in [0.29, 0.717) is 13.1 Å². The van der Waals surface area contributed by atoms with Gasteiger partial charge in [0.25, 0.3) is 0 Å². The molecule has 3 aliphatic rings. The van der Waals surface area contributed by atoms with E-state index in [1.54, 1.807) is 7.11 Å². The van der Waals surface area contributed by atoms with E-state index in [1.807, 2.05) is 20.2 Å². The Bertz CT molecular complexity index is 1180. The van der Waals surface area contributed by atoms with Gasteiger partial charge in [-0.15, -0.1) is 0 Å². The van der Waals surface area contributed by atoms with Crippen LogP contribution in [0.5, 0.6) is 5.75 Å². The molecule has 38 heavy (non-hydrogen) atoms. The number of hydrogen-bond acceptors (Lipinski definition) is 6. The van der Waals surface area contributed by atoms with Crippen LogP contribution < -0.4 is 15.0 Å². The molecule has 3 fully saturated rings. The van der Waals surface area contributed by atoms with Crippen molar-refractivity contribution in [2.24, 2.45) is 5.92 Å². The van der Waals surface area contributed by atoms with Crippen LogP contribution in [0.4, 0.5) is 10.5 Å². The van der Waals surface area contributed by atoms with Crippen molar-refractivity contribution in [3.63, 3.8) is 0 Å². The van der Waals surface area contributed by atoms with Gasteiger partial charge in [0.2, 0.25) is 0 Å². The Morgan fingerprint density at radius 1 is 1.05 bits per heavy atom. The van der Waals surface area contributed by atoms with Crippen LogP contribution in [0.2, 0.25) is 0 Å². The predicted molar refractivity (Wildman–Crippen MR) is 149 cm³/mol. The van der Waals surface area contributed by atoms with Crippen LogP contribution in [-0.2, 0) is 11.3 Å². The molecule has 0 aromatic heterocycles. The maximum absolute atomic E-state index is 11.6. The molecule has 3 aromatic carbocycles. The second-order valence-corrected chi connectivity index (χ2v) is 10.5. The van der Waals surface area contributed by atoms with E-state index in [1.165, 1.54) is 11.1 Å². The van der Waals surface area contributed by atoms with Crippen molar-refractivity contribution in [1.82, 2.24) is 10.2 Å². The summed E-state index contributed by atoms with van der Waals surface area (Å²) in [6.07, 6.45) is -0.684. The molecule has 7 nitrogen and oxygen atoms in total. The van der Waals surface area contributed by atoms with Gasteiger partial charge < -0.3 is 24.8 Å². The van der Waals surface area contributed by atoms with Gasteiger partial charge in [-0.2, -0.15) is 0 Å². The number of fused-ring (bicyclic) bond motifs is 3. The highest BCUT2D eigenvalue weighted by molar-refractivity contribution is 5.57. The van der Waals surface area contributed by atoms with E-state index < -0.39 is 6.16 Å². The van der Waals surface area contributed by atoms with Crippen molar-refractivity contribution in [2.45, 2.75) is 37.1 Å². The fourth-order valence-electron chi connectivity index (χ4n) is 6.38. The Kier molecular flexibility index (Phi) is 7.86. The summed E-state index contributed by atoms with van der Waals surface area (Å²) >= 11 is 0. The van der Waals surface area contributed by atoms with Crippen LogP contribution in [0.15, 0.2) is 78.9 Å². The number of nitrogens with one attached hydrogen (secondary N) is 1. The lowest BCUT2D eigenvalue weighted by Gasteiger charge is -2.56. The number of carbonyl (C=O) groups is 1. The molecule has 3 saturated heterocycles. The summed E-state index contributed by atoms with van der Waals surface area (Å²) in [5.41, 5.74) is 4.68. The highest BCUT2D eigenvalue weighted by Gasteiger charge is 2.51. The molecule has 6 rings (SSSR count). The first kappa shape index (κ1) is 26.1. The summed E-state index contributed by atoms with van der Waals surface area (Å²) in [7, 11) is 5.75. The zero-order chi connectivity index (χ0) is 26.6. The third-order valence-electron chi connectivity index (χ3n) is 8.11. The van der Waals surface area contributed by atoms with E-state index >= 15 is 0 Å². The fourth-order valence-corrected chi connectivity index (χ4v) is 6.38. The van der Waals surface area contributed by atoms with Gasteiger partial charge in [-0.05, 0) is 42.3 Å². The maximum atomic E-state index is 11.6. The molecule has 0 spiro atoms. The number of piperidine rings is 3. The van der Waals surface area contributed by atoms with E-state index in [9.17, 15) is 9.90 Å². The summed E-state index contributed by atoms with van der Waals surface area (Å²) in [5.74, 6) is 1.03. The summed E-state index contributed by atoms with van der Waals surface area (Å²) < 4.78 is 11.1. The van der Waals surface area contributed by atoms with E-state index in [4.69, 9.17) is 9.47 Å². The largest absolute Gasteiger partial charge is 0.506 e. The van der Waals surface area contributed by atoms with Gasteiger partial charge in [0.15, 0.2) is 0 Å². The molecule has 3 heterocycles. The second kappa shape index (κ2) is 11.5. The fraction of sp³-hybridized carbons (Fsp3) is 0.387.